The third kappa shape index (κ3) is 4.93. The van der Waals surface area contributed by atoms with Crippen molar-refractivity contribution in [3.05, 3.63) is 59.2 Å². The van der Waals surface area contributed by atoms with Crippen LogP contribution >= 0.6 is 0 Å². The maximum Gasteiger partial charge on any atom is 0.243 e. The number of carbonyl (C=O) groups is 1. The zero-order chi connectivity index (χ0) is 21.8. The number of fused-ring (bicyclic) bond motifs is 1. The van der Waals surface area contributed by atoms with Crippen molar-refractivity contribution in [3.63, 3.8) is 0 Å². The Morgan fingerprint density at radius 2 is 1.84 bits per heavy atom. The molecular weight excluding hydrogens is 410 g/mol. The second-order valence-electron chi connectivity index (χ2n) is 8.51. The van der Waals surface area contributed by atoms with Crippen molar-refractivity contribution in [2.75, 3.05) is 25.0 Å². The lowest BCUT2D eigenvalue weighted by Gasteiger charge is -2.27. The van der Waals surface area contributed by atoms with Crippen molar-refractivity contribution in [2.24, 2.45) is 0 Å². The number of nitrogens with one attached hydrogen (secondary N) is 2. The van der Waals surface area contributed by atoms with Gasteiger partial charge in [0.15, 0.2) is 0 Å². The van der Waals surface area contributed by atoms with Gasteiger partial charge in [0.25, 0.3) is 0 Å². The second-order valence-corrected chi connectivity index (χ2v) is 10.4. The lowest BCUT2D eigenvalue weighted by atomic mass is 9.88. The van der Waals surface area contributed by atoms with Crippen molar-refractivity contribution >= 4 is 21.6 Å². The Bertz CT molecular complexity index is 1050. The zero-order valence-electron chi connectivity index (χ0n) is 18.1. The van der Waals surface area contributed by atoms with E-state index in [1.165, 1.54) is 11.1 Å². The molecule has 1 amide bonds. The van der Waals surface area contributed by atoms with Crippen LogP contribution in [0.2, 0.25) is 0 Å². The van der Waals surface area contributed by atoms with Crippen molar-refractivity contribution in [1.82, 2.24) is 9.62 Å². The molecule has 0 bridgehead atoms. The summed E-state index contributed by atoms with van der Waals surface area (Å²) in [6, 6.07) is 13.6. The molecule has 1 heterocycles. The van der Waals surface area contributed by atoms with E-state index in [-0.39, 0.29) is 18.5 Å². The molecule has 1 atom stereocenters. The molecule has 2 aromatic rings. The lowest BCUT2D eigenvalue weighted by Crippen LogP contribution is -2.36. The number of rotatable bonds is 6. The highest BCUT2D eigenvalue weighted by atomic mass is 32.2. The minimum Gasteiger partial charge on any atom is -0.376 e. The van der Waals surface area contributed by atoms with Gasteiger partial charge >= 0.3 is 0 Å². The monoisotopic (exact) mass is 441 g/mol. The van der Waals surface area contributed by atoms with Gasteiger partial charge in [-0.3, -0.25) is 4.79 Å². The smallest absolute Gasteiger partial charge is 0.243 e. The van der Waals surface area contributed by atoms with Gasteiger partial charge < -0.3 is 10.6 Å². The molecule has 6 nitrogen and oxygen atoms in total. The van der Waals surface area contributed by atoms with Gasteiger partial charge in [0, 0.05) is 18.8 Å². The molecule has 31 heavy (non-hydrogen) atoms. The predicted molar refractivity (Wildman–Crippen MR) is 123 cm³/mol. The van der Waals surface area contributed by atoms with Gasteiger partial charge in [-0.05, 0) is 67.9 Å². The predicted octanol–water partition coefficient (Wildman–Crippen LogP) is 3.78. The van der Waals surface area contributed by atoms with E-state index in [1.54, 1.807) is 16.4 Å². The van der Waals surface area contributed by atoms with Crippen LogP contribution < -0.4 is 10.6 Å². The Morgan fingerprint density at radius 3 is 2.65 bits per heavy atom. The van der Waals surface area contributed by atoms with Crippen LogP contribution in [0.5, 0.6) is 0 Å². The molecular formula is C24H31N3O3S. The van der Waals surface area contributed by atoms with Gasteiger partial charge in [0.05, 0.1) is 17.5 Å². The van der Waals surface area contributed by atoms with E-state index < -0.39 is 10.0 Å². The minimum absolute atomic E-state index is 0.0345. The van der Waals surface area contributed by atoms with Crippen molar-refractivity contribution < 1.29 is 13.2 Å². The number of hydrogen-bond donors (Lipinski definition) is 2. The van der Waals surface area contributed by atoms with E-state index in [0.717, 1.165) is 44.1 Å². The molecule has 1 aliphatic carbocycles. The fourth-order valence-corrected chi connectivity index (χ4v) is 6.33. The molecule has 0 saturated carbocycles. The van der Waals surface area contributed by atoms with E-state index in [9.17, 15) is 13.2 Å². The topological polar surface area (TPSA) is 78.5 Å². The molecule has 0 spiro atoms. The molecule has 2 N–H and O–H groups in total. The van der Waals surface area contributed by atoms with Gasteiger partial charge in [0.1, 0.15) is 0 Å². The van der Waals surface area contributed by atoms with Crippen molar-refractivity contribution in [2.45, 2.75) is 56.4 Å². The summed E-state index contributed by atoms with van der Waals surface area (Å²) in [5.74, 6) is -0.0947. The highest BCUT2D eigenvalue weighted by Crippen LogP contribution is 2.29. The summed E-state index contributed by atoms with van der Waals surface area (Å²) in [6.07, 6.45) is 5.93. The van der Waals surface area contributed by atoms with Crippen LogP contribution in [-0.4, -0.2) is 38.3 Å². The van der Waals surface area contributed by atoms with Crippen LogP contribution in [0.4, 0.5) is 5.69 Å². The number of piperidine rings is 1. The minimum atomic E-state index is -3.52. The molecule has 1 saturated heterocycles. The quantitative estimate of drug-likeness (QED) is 0.715. The maximum absolute atomic E-state index is 13.1. The van der Waals surface area contributed by atoms with Gasteiger partial charge in [-0.1, -0.05) is 36.8 Å². The molecule has 2 aromatic carbocycles. The molecule has 7 heteroatoms. The number of nitrogens with zero attached hydrogens (tertiary/aromatic N) is 1. The number of aryl methyl sites for hydroxylation is 2. The first-order valence-corrected chi connectivity index (χ1v) is 12.6. The normalized spacial score (nSPS) is 19.5. The zero-order valence-corrected chi connectivity index (χ0v) is 18.9. The Kier molecular flexibility index (Phi) is 6.62. The number of carbonyl (C=O) groups excluding carboxylic acids is 1. The summed E-state index contributed by atoms with van der Waals surface area (Å²) in [6.45, 7) is 3.06. The van der Waals surface area contributed by atoms with E-state index in [0.29, 0.717) is 23.7 Å². The Labute approximate surface area is 185 Å². The second kappa shape index (κ2) is 9.40. The summed E-state index contributed by atoms with van der Waals surface area (Å²) in [7, 11) is -3.52. The fourth-order valence-electron chi connectivity index (χ4n) is 4.56. The third-order valence-electron chi connectivity index (χ3n) is 6.28. The molecule has 4 rings (SSSR count). The number of amides is 1. The molecule has 1 fully saturated rings. The molecule has 166 valence electrons. The van der Waals surface area contributed by atoms with Gasteiger partial charge in [0.2, 0.25) is 15.9 Å². The summed E-state index contributed by atoms with van der Waals surface area (Å²) < 4.78 is 27.8. The van der Waals surface area contributed by atoms with E-state index in [4.69, 9.17) is 0 Å². The third-order valence-corrected chi connectivity index (χ3v) is 8.32. The van der Waals surface area contributed by atoms with Crippen LogP contribution in [-0.2, 0) is 21.2 Å². The number of anilines is 1. The van der Waals surface area contributed by atoms with Gasteiger partial charge in [-0.2, -0.15) is 4.31 Å². The van der Waals surface area contributed by atoms with Gasteiger partial charge in [-0.25, -0.2) is 8.42 Å². The number of sulfonamides is 1. The number of hydrogen-bond acceptors (Lipinski definition) is 4. The summed E-state index contributed by atoms with van der Waals surface area (Å²) in [5, 5.41) is 6.23. The average Bonchev–Trinajstić information content (AvgIpc) is 2.79. The fraction of sp³-hybridized carbons (Fsp3) is 0.458. The summed E-state index contributed by atoms with van der Waals surface area (Å²) in [5.41, 5.74) is 3.87. The molecule has 0 radical (unpaired) electrons. The van der Waals surface area contributed by atoms with Crippen LogP contribution in [0.15, 0.2) is 47.4 Å². The largest absolute Gasteiger partial charge is 0.376 e. The first kappa shape index (κ1) is 21.8. The molecule has 2 aliphatic rings. The van der Waals surface area contributed by atoms with Crippen LogP contribution in [0.3, 0.4) is 0 Å². The van der Waals surface area contributed by atoms with Gasteiger partial charge in [-0.15, -0.1) is 0 Å². The Morgan fingerprint density at radius 1 is 1.06 bits per heavy atom. The highest BCUT2D eigenvalue weighted by Gasteiger charge is 2.27. The van der Waals surface area contributed by atoms with Crippen molar-refractivity contribution in [3.8, 4) is 0 Å². The van der Waals surface area contributed by atoms with E-state index in [2.05, 4.69) is 22.8 Å². The molecule has 0 aromatic heterocycles. The first-order valence-electron chi connectivity index (χ1n) is 11.2. The lowest BCUT2D eigenvalue weighted by molar-refractivity contribution is -0.120. The average molecular weight is 442 g/mol. The van der Waals surface area contributed by atoms with E-state index >= 15 is 0 Å². The summed E-state index contributed by atoms with van der Waals surface area (Å²) >= 11 is 0. The molecule has 1 aliphatic heterocycles. The molecule has 1 unspecified atom stereocenters. The van der Waals surface area contributed by atoms with Crippen LogP contribution in [0.1, 0.15) is 54.8 Å². The SMILES string of the molecule is Cc1ccc(NCC(=O)NC2CCCc3ccccc32)cc1S(=O)(=O)N1CCCCC1. The Balaban J connectivity index is 1.41. The van der Waals surface area contributed by atoms with Crippen LogP contribution in [0.25, 0.3) is 0 Å². The summed E-state index contributed by atoms with van der Waals surface area (Å²) in [4.78, 5) is 12.9. The Hall–Kier alpha value is -2.38. The highest BCUT2D eigenvalue weighted by molar-refractivity contribution is 7.89. The van der Waals surface area contributed by atoms with E-state index in [1.807, 2.05) is 25.1 Å². The first-order chi connectivity index (χ1) is 14.9. The number of benzene rings is 2. The van der Waals surface area contributed by atoms with Crippen molar-refractivity contribution in [1.29, 1.82) is 0 Å². The standard InChI is InChI=1S/C24H31N3O3S/c1-18-12-13-20(16-23(18)31(29,30)27-14-5-2-6-15-27)25-17-24(28)26-22-11-7-9-19-8-3-4-10-21(19)22/h3-4,8,10,12-13,16,22,25H,2,5-7,9,11,14-15,17H2,1H3,(H,26,28). The maximum atomic E-state index is 13.1. The van der Waals surface area contributed by atoms with Crippen LogP contribution in [0, 0.1) is 6.92 Å².